The standard InChI is InChI=1S/C9H9N5O2S/c1-13-11-9(10-12-13)6-17-8-4-2-7(3-5-8)14(15)16/h2-5H,6H2,1H3. The Labute approximate surface area is 101 Å². The molecular formula is C9H9N5O2S. The fraction of sp³-hybridized carbons (Fsp3) is 0.222. The molecule has 0 aliphatic carbocycles. The zero-order chi connectivity index (χ0) is 12.3. The van der Waals surface area contributed by atoms with Gasteiger partial charge in [0.25, 0.3) is 5.69 Å². The third kappa shape index (κ3) is 3.00. The highest BCUT2D eigenvalue weighted by Crippen LogP contribution is 2.23. The van der Waals surface area contributed by atoms with Crippen molar-refractivity contribution in [2.45, 2.75) is 10.6 Å². The highest BCUT2D eigenvalue weighted by molar-refractivity contribution is 7.98. The molecule has 88 valence electrons. The smallest absolute Gasteiger partial charge is 0.258 e. The lowest BCUT2D eigenvalue weighted by atomic mass is 10.3. The number of aromatic nitrogens is 4. The van der Waals surface area contributed by atoms with Gasteiger partial charge in [-0.3, -0.25) is 10.1 Å². The summed E-state index contributed by atoms with van der Waals surface area (Å²) >= 11 is 1.51. The molecule has 0 aliphatic rings. The molecule has 0 saturated carbocycles. The number of thioether (sulfide) groups is 1. The second kappa shape index (κ2) is 4.91. The van der Waals surface area contributed by atoms with Gasteiger partial charge < -0.3 is 0 Å². The van der Waals surface area contributed by atoms with Crippen molar-refractivity contribution in [3.63, 3.8) is 0 Å². The number of benzene rings is 1. The van der Waals surface area contributed by atoms with Crippen LogP contribution in [0.4, 0.5) is 5.69 Å². The van der Waals surface area contributed by atoms with Crippen LogP contribution in [0.2, 0.25) is 0 Å². The minimum absolute atomic E-state index is 0.0898. The van der Waals surface area contributed by atoms with Gasteiger partial charge in [-0.2, -0.15) is 4.80 Å². The normalized spacial score (nSPS) is 10.4. The maximum absolute atomic E-state index is 10.5. The van der Waals surface area contributed by atoms with Crippen LogP contribution in [0.5, 0.6) is 0 Å². The topological polar surface area (TPSA) is 86.7 Å². The number of aryl methyl sites for hydroxylation is 1. The number of hydrogen-bond acceptors (Lipinski definition) is 6. The van der Waals surface area contributed by atoms with Gasteiger partial charge in [0, 0.05) is 17.0 Å². The van der Waals surface area contributed by atoms with E-state index in [1.807, 2.05) is 0 Å². The predicted molar refractivity (Wildman–Crippen MR) is 61.5 cm³/mol. The molecule has 1 aromatic carbocycles. The van der Waals surface area contributed by atoms with Crippen LogP contribution in [-0.2, 0) is 12.8 Å². The molecule has 0 bridgehead atoms. The van der Waals surface area contributed by atoms with Crippen LogP contribution in [0.3, 0.4) is 0 Å². The van der Waals surface area contributed by atoms with Crippen molar-refractivity contribution in [2.75, 3.05) is 0 Å². The number of hydrogen-bond donors (Lipinski definition) is 0. The lowest BCUT2D eigenvalue weighted by Gasteiger charge is -1.97. The third-order valence-electron chi connectivity index (χ3n) is 1.97. The van der Waals surface area contributed by atoms with Crippen LogP contribution in [0.25, 0.3) is 0 Å². The van der Waals surface area contributed by atoms with E-state index in [0.717, 1.165) is 4.90 Å². The Balaban J connectivity index is 1.97. The fourth-order valence-electron chi connectivity index (χ4n) is 1.19. The summed E-state index contributed by atoms with van der Waals surface area (Å²) in [6, 6.07) is 6.37. The molecule has 2 aromatic rings. The van der Waals surface area contributed by atoms with Crippen LogP contribution < -0.4 is 0 Å². The highest BCUT2D eigenvalue weighted by atomic mass is 32.2. The number of tetrazole rings is 1. The Hall–Kier alpha value is -1.96. The monoisotopic (exact) mass is 251 g/mol. The van der Waals surface area contributed by atoms with Gasteiger partial charge in [0.05, 0.1) is 17.7 Å². The van der Waals surface area contributed by atoms with Crippen molar-refractivity contribution < 1.29 is 4.92 Å². The first kappa shape index (κ1) is 11.5. The van der Waals surface area contributed by atoms with Gasteiger partial charge >= 0.3 is 0 Å². The summed E-state index contributed by atoms with van der Waals surface area (Å²) in [5.41, 5.74) is 0.0898. The average Bonchev–Trinajstić information content (AvgIpc) is 2.73. The second-order valence-corrected chi connectivity index (χ2v) is 4.28. The van der Waals surface area contributed by atoms with Crippen LogP contribution in [0.15, 0.2) is 29.2 Å². The SMILES string of the molecule is Cn1nnc(CSc2ccc([N+](=O)[O-])cc2)n1. The first-order valence-corrected chi connectivity index (χ1v) is 5.74. The van der Waals surface area contributed by atoms with E-state index in [1.165, 1.54) is 28.7 Å². The van der Waals surface area contributed by atoms with Crippen molar-refractivity contribution >= 4 is 17.4 Å². The molecule has 0 unspecified atom stereocenters. The first-order chi connectivity index (χ1) is 8.15. The zero-order valence-electron chi connectivity index (χ0n) is 8.98. The Morgan fingerprint density at radius 1 is 1.41 bits per heavy atom. The number of nitro benzene ring substituents is 1. The molecule has 0 spiro atoms. The molecule has 0 N–H and O–H groups in total. The van der Waals surface area contributed by atoms with Crippen LogP contribution >= 0.6 is 11.8 Å². The maximum atomic E-state index is 10.5. The molecule has 0 aliphatic heterocycles. The Morgan fingerprint density at radius 2 is 2.12 bits per heavy atom. The first-order valence-electron chi connectivity index (χ1n) is 4.75. The lowest BCUT2D eigenvalue weighted by Crippen LogP contribution is -1.92. The van der Waals surface area contributed by atoms with E-state index >= 15 is 0 Å². The van der Waals surface area contributed by atoms with Gasteiger partial charge in [-0.15, -0.1) is 22.0 Å². The van der Waals surface area contributed by atoms with Crippen LogP contribution in [-0.4, -0.2) is 25.1 Å². The quantitative estimate of drug-likeness (QED) is 0.464. The molecule has 0 atom stereocenters. The largest absolute Gasteiger partial charge is 0.269 e. The molecule has 0 amide bonds. The Kier molecular flexibility index (Phi) is 3.33. The molecule has 2 rings (SSSR count). The van der Waals surface area contributed by atoms with Gasteiger partial charge in [-0.25, -0.2) is 0 Å². The number of nitro groups is 1. The minimum Gasteiger partial charge on any atom is -0.258 e. The van der Waals surface area contributed by atoms with Crippen molar-refractivity contribution in [2.24, 2.45) is 7.05 Å². The van der Waals surface area contributed by atoms with Crippen molar-refractivity contribution in [1.82, 2.24) is 20.2 Å². The minimum atomic E-state index is -0.418. The maximum Gasteiger partial charge on any atom is 0.269 e. The number of non-ortho nitro benzene ring substituents is 1. The van der Waals surface area contributed by atoms with Gasteiger partial charge in [0.2, 0.25) is 0 Å². The summed E-state index contributed by atoms with van der Waals surface area (Å²) in [6.07, 6.45) is 0. The molecule has 8 heteroatoms. The van der Waals surface area contributed by atoms with Crippen molar-refractivity contribution in [3.8, 4) is 0 Å². The molecule has 0 saturated heterocycles. The summed E-state index contributed by atoms with van der Waals surface area (Å²) in [7, 11) is 1.70. The molecular weight excluding hydrogens is 242 g/mol. The molecule has 0 radical (unpaired) electrons. The van der Waals surface area contributed by atoms with E-state index in [1.54, 1.807) is 19.2 Å². The Morgan fingerprint density at radius 3 is 2.65 bits per heavy atom. The van der Waals surface area contributed by atoms with Gasteiger partial charge in [-0.05, 0) is 17.3 Å². The van der Waals surface area contributed by atoms with Crippen molar-refractivity contribution in [3.05, 3.63) is 40.2 Å². The Bertz CT molecular complexity index is 524. The molecule has 1 aromatic heterocycles. The van der Waals surface area contributed by atoms with Crippen LogP contribution in [0, 0.1) is 10.1 Å². The van der Waals surface area contributed by atoms with E-state index < -0.39 is 4.92 Å². The van der Waals surface area contributed by atoms with Gasteiger partial charge in [-0.1, -0.05) is 0 Å². The van der Waals surface area contributed by atoms with E-state index in [4.69, 9.17) is 0 Å². The predicted octanol–water partition coefficient (Wildman–Crippen LogP) is 1.41. The fourth-order valence-corrected chi connectivity index (χ4v) is 1.93. The molecule has 7 nitrogen and oxygen atoms in total. The van der Waals surface area contributed by atoms with Crippen molar-refractivity contribution in [1.29, 1.82) is 0 Å². The summed E-state index contributed by atoms with van der Waals surface area (Å²) in [6.45, 7) is 0. The summed E-state index contributed by atoms with van der Waals surface area (Å²) in [5, 5.41) is 22.1. The van der Waals surface area contributed by atoms with E-state index in [-0.39, 0.29) is 5.69 Å². The van der Waals surface area contributed by atoms with Gasteiger partial charge in [0.15, 0.2) is 5.82 Å². The molecule has 1 heterocycles. The highest BCUT2D eigenvalue weighted by Gasteiger charge is 2.05. The zero-order valence-corrected chi connectivity index (χ0v) is 9.79. The summed E-state index contributed by atoms with van der Waals surface area (Å²) in [5.74, 6) is 1.22. The number of nitrogens with zero attached hydrogens (tertiary/aromatic N) is 5. The number of rotatable bonds is 4. The second-order valence-electron chi connectivity index (χ2n) is 3.23. The van der Waals surface area contributed by atoms with Gasteiger partial charge in [0.1, 0.15) is 0 Å². The molecule has 0 fully saturated rings. The third-order valence-corrected chi connectivity index (χ3v) is 2.97. The summed E-state index contributed by atoms with van der Waals surface area (Å²) < 4.78 is 0. The molecule has 17 heavy (non-hydrogen) atoms. The summed E-state index contributed by atoms with van der Waals surface area (Å²) in [4.78, 5) is 12.4. The van der Waals surface area contributed by atoms with E-state index in [0.29, 0.717) is 11.6 Å². The average molecular weight is 251 g/mol. The van der Waals surface area contributed by atoms with Crippen LogP contribution in [0.1, 0.15) is 5.82 Å². The lowest BCUT2D eigenvalue weighted by molar-refractivity contribution is -0.384. The van der Waals surface area contributed by atoms with E-state index in [2.05, 4.69) is 15.4 Å². The van der Waals surface area contributed by atoms with E-state index in [9.17, 15) is 10.1 Å².